The van der Waals surface area contributed by atoms with E-state index in [1.807, 2.05) is 43.7 Å². The number of carbonyl (C=O) groups excluding carboxylic acids is 1. The maximum atomic E-state index is 12.4. The van der Waals surface area contributed by atoms with E-state index in [9.17, 15) is 4.79 Å². The van der Waals surface area contributed by atoms with Crippen LogP contribution in [0.25, 0.3) is 0 Å². The summed E-state index contributed by atoms with van der Waals surface area (Å²) in [4.78, 5) is 12.4. The quantitative estimate of drug-likeness (QED) is 0.516. The molecule has 0 unspecified atom stereocenters. The van der Waals surface area contributed by atoms with Crippen molar-refractivity contribution >= 4 is 35.0 Å². The van der Waals surface area contributed by atoms with Crippen molar-refractivity contribution in [2.45, 2.75) is 25.6 Å². The Kier molecular flexibility index (Phi) is 7.23. The number of aromatic nitrogens is 3. The molecule has 1 heterocycles. The molecule has 158 valence electrons. The molecule has 1 aromatic heterocycles. The van der Waals surface area contributed by atoms with Crippen molar-refractivity contribution in [2.24, 2.45) is 7.05 Å². The second-order valence-corrected chi connectivity index (χ2v) is 8.03. The summed E-state index contributed by atoms with van der Waals surface area (Å²) >= 11 is 7.29. The number of benzene rings is 2. The van der Waals surface area contributed by atoms with E-state index in [4.69, 9.17) is 21.1 Å². The summed E-state index contributed by atoms with van der Waals surface area (Å²) in [5.74, 6) is 2.04. The summed E-state index contributed by atoms with van der Waals surface area (Å²) in [6.45, 7) is 4.31. The molecule has 0 saturated heterocycles. The van der Waals surface area contributed by atoms with Gasteiger partial charge in [0, 0.05) is 12.1 Å². The predicted octanol–water partition coefficient (Wildman–Crippen LogP) is 4.40. The summed E-state index contributed by atoms with van der Waals surface area (Å²) in [5.41, 5.74) is 2.66. The van der Waals surface area contributed by atoms with Crippen molar-refractivity contribution < 1.29 is 14.3 Å². The maximum absolute atomic E-state index is 12.4. The second-order valence-electron chi connectivity index (χ2n) is 6.65. The Labute approximate surface area is 184 Å². The topological polar surface area (TPSA) is 78.3 Å². The van der Waals surface area contributed by atoms with Crippen molar-refractivity contribution in [2.75, 3.05) is 18.2 Å². The predicted molar refractivity (Wildman–Crippen MR) is 119 cm³/mol. The van der Waals surface area contributed by atoms with Crippen LogP contribution in [-0.2, 0) is 18.4 Å². The van der Waals surface area contributed by atoms with Crippen molar-refractivity contribution in [3.63, 3.8) is 0 Å². The van der Waals surface area contributed by atoms with Crippen molar-refractivity contribution in [3.05, 3.63) is 58.4 Å². The fourth-order valence-electron chi connectivity index (χ4n) is 2.85. The molecule has 9 heteroatoms. The highest BCUT2D eigenvalue weighted by molar-refractivity contribution is 7.99. The summed E-state index contributed by atoms with van der Waals surface area (Å²) in [6, 6.07) is 11.1. The Balaban J connectivity index is 1.59. The lowest BCUT2D eigenvalue weighted by molar-refractivity contribution is -0.113. The van der Waals surface area contributed by atoms with Crippen molar-refractivity contribution in [3.8, 4) is 11.5 Å². The van der Waals surface area contributed by atoms with Gasteiger partial charge in [-0.2, -0.15) is 0 Å². The minimum absolute atomic E-state index is 0.166. The fourth-order valence-corrected chi connectivity index (χ4v) is 3.76. The van der Waals surface area contributed by atoms with E-state index in [1.165, 1.54) is 18.9 Å². The third kappa shape index (κ3) is 5.25. The molecule has 3 aromatic rings. The number of halogens is 1. The van der Waals surface area contributed by atoms with Gasteiger partial charge in [0.05, 0.1) is 18.6 Å². The van der Waals surface area contributed by atoms with Gasteiger partial charge in [0.25, 0.3) is 0 Å². The van der Waals surface area contributed by atoms with Gasteiger partial charge in [-0.15, -0.1) is 10.2 Å². The molecule has 30 heavy (non-hydrogen) atoms. The zero-order valence-corrected chi connectivity index (χ0v) is 18.8. The van der Waals surface area contributed by atoms with Crippen LogP contribution in [-0.4, -0.2) is 33.5 Å². The number of hydrogen-bond donors (Lipinski definition) is 1. The van der Waals surface area contributed by atoms with E-state index in [0.717, 1.165) is 16.9 Å². The number of rotatable bonds is 8. The third-order valence-electron chi connectivity index (χ3n) is 4.45. The lowest BCUT2D eigenvalue weighted by atomic mass is 10.1. The zero-order valence-electron chi connectivity index (χ0n) is 17.2. The van der Waals surface area contributed by atoms with Gasteiger partial charge in [-0.1, -0.05) is 41.6 Å². The number of anilines is 1. The van der Waals surface area contributed by atoms with Crippen LogP contribution in [0.2, 0.25) is 5.02 Å². The van der Waals surface area contributed by atoms with Crippen LogP contribution in [0.5, 0.6) is 11.5 Å². The van der Waals surface area contributed by atoms with Crippen LogP contribution in [0.3, 0.4) is 0 Å². The molecule has 0 bridgehead atoms. The molecular formula is C21H23ClN4O3S. The highest BCUT2D eigenvalue weighted by Crippen LogP contribution is 2.28. The SMILES string of the molecule is COc1ccc(Cl)cc1NC(=O)CSc1nnc(COc2c(C)cccc2C)n1C. The van der Waals surface area contributed by atoms with Crippen LogP contribution in [0.15, 0.2) is 41.6 Å². The number of nitrogens with zero attached hydrogens (tertiary/aromatic N) is 3. The minimum atomic E-state index is -0.197. The standard InChI is InChI=1S/C21H23ClN4O3S/c1-13-6-5-7-14(2)20(13)29-11-18-24-25-21(26(18)3)30-12-19(27)23-16-10-15(22)8-9-17(16)28-4/h5-10H,11-12H2,1-4H3,(H,23,27). The van der Waals surface area contributed by atoms with E-state index in [-0.39, 0.29) is 11.7 Å². The molecule has 2 aromatic carbocycles. The van der Waals surface area contributed by atoms with Crippen LogP contribution in [0.4, 0.5) is 5.69 Å². The largest absolute Gasteiger partial charge is 0.495 e. The molecule has 1 amide bonds. The molecule has 0 aliphatic heterocycles. The van der Waals surface area contributed by atoms with Gasteiger partial charge in [0.2, 0.25) is 5.91 Å². The molecule has 0 aliphatic carbocycles. The Morgan fingerprint density at radius 1 is 1.20 bits per heavy atom. The number of para-hydroxylation sites is 1. The Morgan fingerprint density at radius 3 is 2.63 bits per heavy atom. The minimum Gasteiger partial charge on any atom is -0.495 e. The first-order chi connectivity index (χ1) is 14.4. The molecule has 1 N–H and O–H groups in total. The second kappa shape index (κ2) is 9.86. The molecule has 0 spiro atoms. The molecule has 3 rings (SSSR count). The Morgan fingerprint density at radius 2 is 1.93 bits per heavy atom. The number of methoxy groups -OCH3 is 1. The molecular weight excluding hydrogens is 424 g/mol. The van der Waals surface area contributed by atoms with E-state index < -0.39 is 0 Å². The smallest absolute Gasteiger partial charge is 0.234 e. The first kappa shape index (κ1) is 22.0. The summed E-state index contributed by atoms with van der Waals surface area (Å²) in [6.07, 6.45) is 0. The summed E-state index contributed by atoms with van der Waals surface area (Å²) in [5, 5.41) is 12.3. The molecule has 0 aliphatic rings. The van der Waals surface area contributed by atoms with Crippen LogP contribution in [0.1, 0.15) is 17.0 Å². The number of hydrogen-bond acceptors (Lipinski definition) is 6. The molecule has 0 fully saturated rings. The maximum Gasteiger partial charge on any atom is 0.234 e. The number of carbonyl (C=O) groups is 1. The van der Waals surface area contributed by atoms with E-state index in [1.54, 1.807) is 18.2 Å². The van der Waals surface area contributed by atoms with Crippen LogP contribution in [0, 0.1) is 13.8 Å². The lowest BCUT2D eigenvalue weighted by Crippen LogP contribution is -2.15. The average molecular weight is 447 g/mol. The first-order valence-electron chi connectivity index (χ1n) is 9.22. The van der Waals surface area contributed by atoms with Crippen LogP contribution >= 0.6 is 23.4 Å². The first-order valence-corrected chi connectivity index (χ1v) is 10.6. The highest BCUT2D eigenvalue weighted by Gasteiger charge is 2.14. The van der Waals surface area contributed by atoms with E-state index in [2.05, 4.69) is 15.5 Å². The van der Waals surface area contributed by atoms with Crippen molar-refractivity contribution in [1.82, 2.24) is 14.8 Å². The lowest BCUT2D eigenvalue weighted by Gasteiger charge is -2.12. The van der Waals surface area contributed by atoms with Gasteiger partial charge in [-0.3, -0.25) is 4.79 Å². The number of nitrogens with one attached hydrogen (secondary N) is 1. The van der Waals surface area contributed by atoms with Gasteiger partial charge < -0.3 is 19.4 Å². The summed E-state index contributed by atoms with van der Waals surface area (Å²) < 4.78 is 13.0. The molecule has 0 radical (unpaired) electrons. The third-order valence-corrected chi connectivity index (χ3v) is 5.70. The van der Waals surface area contributed by atoms with Crippen LogP contribution < -0.4 is 14.8 Å². The van der Waals surface area contributed by atoms with Gasteiger partial charge >= 0.3 is 0 Å². The average Bonchev–Trinajstić information content (AvgIpc) is 3.06. The molecule has 0 saturated carbocycles. The van der Waals surface area contributed by atoms with Gasteiger partial charge in [-0.05, 0) is 43.2 Å². The van der Waals surface area contributed by atoms with Gasteiger partial charge in [-0.25, -0.2) is 0 Å². The molecule has 7 nitrogen and oxygen atoms in total. The fraction of sp³-hybridized carbons (Fsp3) is 0.286. The van der Waals surface area contributed by atoms with Gasteiger partial charge in [0.1, 0.15) is 18.1 Å². The molecule has 0 atom stereocenters. The van der Waals surface area contributed by atoms with E-state index in [0.29, 0.717) is 34.0 Å². The number of amides is 1. The highest BCUT2D eigenvalue weighted by atomic mass is 35.5. The zero-order chi connectivity index (χ0) is 21.7. The summed E-state index contributed by atoms with van der Waals surface area (Å²) in [7, 11) is 3.39. The number of ether oxygens (including phenoxy) is 2. The number of thioether (sulfide) groups is 1. The van der Waals surface area contributed by atoms with Crippen molar-refractivity contribution in [1.29, 1.82) is 0 Å². The number of aryl methyl sites for hydroxylation is 2. The Hall–Kier alpha value is -2.71. The van der Waals surface area contributed by atoms with E-state index >= 15 is 0 Å². The normalized spacial score (nSPS) is 10.7. The van der Waals surface area contributed by atoms with Gasteiger partial charge in [0.15, 0.2) is 11.0 Å². The monoisotopic (exact) mass is 446 g/mol. The Bertz CT molecular complexity index is 1030.